The van der Waals surface area contributed by atoms with Crippen molar-refractivity contribution in [3.8, 4) is 5.75 Å². The number of aryl methyl sites for hydroxylation is 1. The smallest absolute Gasteiger partial charge is 0.195 e. The van der Waals surface area contributed by atoms with Gasteiger partial charge in [0.25, 0.3) is 0 Å². The van der Waals surface area contributed by atoms with E-state index in [0.29, 0.717) is 12.3 Å². The van der Waals surface area contributed by atoms with Crippen LogP contribution in [0.3, 0.4) is 0 Å². The summed E-state index contributed by atoms with van der Waals surface area (Å²) in [6, 6.07) is 11.6. The number of nitrogens with zero attached hydrogens (tertiary/aromatic N) is 2. The largest absolute Gasteiger partial charge is 0.492 e. The minimum Gasteiger partial charge on any atom is -0.492 e. The lowest BCUT2D eigenvalue weighted by Gasteiger charge is -2.25. The first kappa shape index (κ1) is 19.5. The standard InChI is InChI=1S/C24H29N3O2/c1-5-27(6-2)11-12-29-17-8-10-18-20(14-17)15(3)23-22(24(18)28)19-9-7-16(25)13-21(19)26(23)4/h7-10,13-15H,5-6,11-12,25H2,1-4H3. The van der Waals surface area contributed by atoms with Crippen LogP contribution >= 0.6 is 0 Å². The summed E-state index contributed by atoms with van der Waals surface area (Å²) >= 11 is 0. The molecule has 1 aromatic heterocycles. The second-order valence-electron chi connectivity index (χ2n) is 7.77. The minimum absolute atomic E-state index is 0.0816. The fraction of sp³-hybridized carbons (Fsp3) is 0.375. The minimum atomic E-state index is 0.0816. The highest BCUT2D eigenvalue weighted by atomic mass is 16.5. The molecule has 2 aromatic carbocycles. The molecule has 1 heterocycles. The number of carbonyl (C=O) groups is 1. The SMILES string of the molecule is CCN(CC)CCOc1ccc2c(c1)C(C)c1c(c3ccc(N)cc3n1C)C2=O. The van der Waals surface area contributed by atoms with Crippen molar-refractivity contribution in [1.82, 2.24) is 9.47 Å². The summed E-state index contributed by atoms with van der Waals surface area (Å²) in [4.78, 5) is 15.7. The molecule has 0 bridgehead atoms. The van der Waals surface area contributed by atoms with Crippen LogP contribution in [-0.2, 0) is 7.05 Å². The van der Waals surface area contributed by atoms with Crippen LogP contribution in [0.5, 0.6) is 5.75 Å². The van der Waals surface area contributed by atoms with Gasteiger partial charge in [-0.15, -0.1) is 0 Å². The van der Waals surface area contributed by atoms with Gasteiger partial charge >= 0.3 is 0 Å². The van der Waals surface area contributed by atoms with Gasteiger partial charge in [0.2, 0.25) is 0 Å². The molecule has 0 spiro atoms. The van der Waals surface area contributed by atoms with Crippen molar-refractivity contribution in [2.24, 2.45) is 7.05 Å². The number of carbonyl (C=O) groups excluding carboxylic acids is 1. The maximum absolute atomic E-state index is 13.4. The molecule has 5 heteroatoms. The van der Waals surface area contributed by atoms with Crippen LogP contribution in [0.2, 0.25) is 0 Å². The van der Waals surface area contributed by atoms with E-state index in [9.17, 15) is 4.79 Å². The Morgan fingerprint density at radius 3 is 2.62 bits per heavy atom. The summed E-state index contributed by atoms with van der Waals surface area (Å²) in [6.45, 7) is 10.0. The summed E-state index contributed by atoms with van der Waals surface area (Å²) < 4.78 is 8.12. The molecule has 0 saturated carbocycles. The molecule has 29 heavy (non-hydrogen) atoms. The molecular formula is C24H29N3O2. The Morgan fingerprint density at radius 2 is 1.90 bits per heavy atom. The summed E-state index contributed by atoms with van der Waals surface area (Å²) in [5.41, 5.74) is 11.3. The van der Waals surface area contributed by atoms with Crippen molar-refractivity contribution < 1.29 is 9.53 Å². The molecule has 3 aromatic rings. The van der Waals surface area contributed by atoms with Gasteiger partial charge in [-0.2, -0.15) is 0 Å². The highest BCUT2D eigenvalue weighted by Gasteiger charge is 2.33. The number of fused-ring (bicyclic) bond motifs is 4. The van der Waals surface area contributed by atoms with Crippen LogP contribution in [-0.4, -0.2) is 41.5 Å². The van der Waals surface area contributed by atoms with Gasteiger partial charge in [-0.1, -0.05) is 26.8 Å². The van der Waals surface area contributed by atoms with E-state index < -0.39 is 0 Å². The molecule has 4 rings (SSSR count). The predicted molar refractivity (Wildman–Crippen MR) is 118 cm³/mol. The van der Waals surface area contributed by atoms with E-state index in [-0.39, 0.29) is 11.7 Å². The van der Waals surface area contributed by atoms with Crippen molar-refractivity contribution in [3.63, 3.8) is 0 Å². The van der Waals surface area contributed by atoms with E-state index in [1.165, 1.54) is 0 Å². The van der Waals surface area contributed by atoms with Crippen molar-refractivity contribution >= 4 is 22.4 Å². The quantitative estimate of drug-likeness (QED) is 0.641. The van der Waals surface area contributed by atoms with Gasteiger partial charge in [-0.25, -0.2) is 0 Å². The van der Waals surface area contributed by atoms with Crippen LogP contribution in [0.1, 0.15) is 53.9 Å². The van der Waals surface area contributed by atoms with E-state index in [2.05, 4.69) is 30.2 Å². The van der Waals surface area contributed by atoms with Crippen molar-refractivity contribution in [3.05, 3.63) is 58.8 Å². The zero-order valence-corrected chi connectivity index (χ0v) is 17.7. The number of benzene rings is 2. The normalized spacial score (nSPS) is 15.6. The number of likely N-dealkylation sites (N-methyl/N-ethyl adjacent to an activating group) is 1. The van der Waals surface area contributed by atoms with Crippen LogP contribution in [0.25, 0.3) is 10.9 Å². The topological polar surface area (TPSA) is 60.5 Å². The number of rotatable bonds is 6. The Kier molecular flexibility index (Phi) is 5.09. The molecule has 0 saturated heterocycles. The number of anilines is 1. The highest BCUT2D eigenvalue weighted by Crippen LogP contribution is 2.42. The predicted octanol–water partition coefficient (Wildman–Crippen LogP) is 4.18. The molecule has 0 fully saturated rings. The number of hydrogen-bond donors (Lipinski definition) is 1. The van der Waals surface area contributed by atoms with Crippen molar-refractivity contribution in [2.45, 2.75) is 26.7 Å². The van der Waals surface area contributed by atoms with Gasteiger partial charge in [0.1, 0.15) is 12.4 Å². The lowest BCUT2D eigenvalue weighted by molar-refractivity contribution is 0.103. The second kappa shape index (κ2) is 7.56. The third-order valence-electron chi connectivity index (χ3n) is 6.21. The van der Waals surface area contributed by atoms with E-state index >= 15 is 0 Å². The fourth-order valence-electron chi connectivity index (χ4n) is 4.53. The monoisotopic (exact) mass is 391 g/mol. The number of aromatic nitrogens is 1. The molecule has 0 amide bonds. The summed E-state index contributed by atoms with van der Waals surface area (Å²) in [7, 11) is 2.01. The first-order valence-corrected chi connectivity index (χ1v) is 10.4. The number of nitrogens with two attached hydrogens (primary N) is 1. The Bertz CT molecular complexity index is 1080. The Hall–Kier alpha value is -2.79. The number of nitrogen functional groups attached to an aromatic ring is 1. The summed E-state index contributed by atoms with van der Waals surface area (Å²) in [5.74, 6) is 1.00. The Balaban J connectivity index is 1.69. The van der Waals surface area contributed by atoms with Gasteiger partial charge in [-0.3, -0.25) is 4.79 Å². The Morgan fingerprint density at radius 1 is 1.14 bits per heavy atom. The first-order chi connectivity index (χ1) is 14.0. The van der Waals surface area contributed by atoms with Gasteiger partial charge < -0.3 is 19.9 Å². The maximum atomic E-state index is 13.4. The van der Waals surface area contributed by atoms with Gasteiger partial charge in [0, 0.05) is 41.8 Å². The van der Waals surface area contributed by atoms with E-state index in [4.69, 9.17) is 10.5 Å². The molecule has 5 nitrogen and oxygen atoms in total. The lowest BCUT2D eigenvalue weighted by Crippen LogP contribution is -2.28. The molecule has 2 N–H and O–H groups in total. The molecule has 0 radical (unpaired) electrons. The van der Waals surface area contributed by atoms with Crippen molar-refractivity contribution in [2.75, 3.05) is 32.0 Å². The molecule has 1 aliphatic rings. The zero-order chi connectivity index (χ0) is 20.7. The first-order valence-electron chi connectivity index (χ1n) is 10.4. The molecule has 1 unspecified atom stereocenters. The van der Waals surface area contributed by atoms with E-state index in [1.54, 1.807) is 0 Å². The molecular weight excluding hydrogens is 362 g/mol. The van der Waals surface area contributed by atoms with Crippen LogP contribution < -0.4 is 10.5 Å². The molecule has 152 valence electrons. The number of ether oxygens (including phenoxy) is 1. The molecule has 1 atom stereocenters. The third-order valence-corrected chi connectivity index (χ3v) is 6.21. The zero-order valence-electron chi connectivity index (χ0n) is 17.7. The summed E-state index contributed by atoms with van der Waals surface area (Å²) in [5, 5.41) is 0.971. The second-order valence-corrected chi connectivity index (χ2v) is 7.77. The lowest BCUT2D eigenvalue weighted by atomic mass is 9.81. The molecule has 1 aliphatic carbocycles. The van der Waals surface area contributed by atoms with E-state index in [1.807, 2.05) is 43.4 Å². The average Bonchev–Trinajstić information content (AvgIpc) is 3.02. The van der Waals surface area contributed by atoms with Gasteiger partial charge in [0.15, 0.2) is 5.78 Å². The maximum Gasteiger partial charge on any atom is 0.195 e. The van der Waals surface area contributed by atoms with E-state index in [0.717, 1.165) is 58.7 Å². The average molecular weight is 392 g/mol. The Labute approximate surface area is 172 Å². The number of ketones is 1. The van der Waals surface area contributed by atoms with Crippen LogP contribution in [0.4, 0.5) is 5.69 Å². The van der Waals surface area contributed by atoms with Gasteiger partial charge in [0.05, 0.1) is 11.1 Å². The third kappa shape index (κ3) is 3.19. The van der Waals surface area contributed by atoms with Crippen molar-refractivity contribution in [1.29, 1.82) is 0 Å². The van der Waals surface area contributed by atoms with Gasteiger partial charge in [-0.05, 0) is 49.0 Å². The van der Waals surface area contributed by atoms with Crippen LogP contribution in [0.15, 0.2) is 36.4 Å². The molecule has 0 aliphatic heterocycles. The highest BCUT2D eigenvalue weighted by molar-refractivity contribution is 6.20. The summed E-state index contributed by atoms with van der Waals surface area (Å²) in [6.07, 6.45) is 0. The number of hydrogen-bond acceptors (Lipinski definition) is 4. The fourth-order valence-corrected chi connectivity index (χ4v) is 4.53. The van der Waals surface area contributed by atoms with Crippen LogP contribution in [0, 0.1) is 0 Å².